The maximum absolute atomic E-state index is 12.5. The van der Waals surface area contributed by atoms with Crippen LogP contribution in [0.3, 0.4) is 0 Å². The van der Waals surface area contributed by atoms with Crippen LogP contribution in [0, 0.1) is 5.41 Å². The summed E-state index contributed by atoms with van der Waals surface area (Å²) in [6.45, 7) is 11.8. The van der Waals surface area contributed by atoms with Crippen molar-refractivity contribution in [1.82, 2.24) is 10.6 Å². The number of aliphatic carboxylic acids is 1. The molecule has 3 atom stereocenters. The summed E-state index contributed by atoms with van der Waals surface area (Å²) >= 11 is 0. The van der Waals surface area contributed by atoms with E-state index < -0.39 is 35.5 Å². The summed E-state index contributed by atoms with van der Waals surface area (Å²) in [7, 11) is 0. The van der Waals surface area contributed by atoms with Crippen LogP contribution in [-0.2, 0) is 28.6 Å². The van der Waals surface area contributed by atoms with Crippen LogP contribution in [0.4, 0.5) is 0 Å². The SMILES string of the molecule is CC(C)OC1CC(O)CC(C(=O)NCCNC(=O)C(C)(C)CCOC(C)(C)CCC(=O)O)O1. The molecule has 0 aliphatic carbocycles. The summed E-state index contributed by atoms with van der Waals surface area (Å²) in [5.41, 5.74) is -1.27. The Morgan fingerprint density at radius 3 is 2.30 bits per heavy atom. The highest BCUT2D eigenvalue weighted by molar-refractivity contribution is 5.82. The zero-order chi connectivity index (χ0) is 25.2. The van der Waals surface area contributed by atoms with E-state index in [-0.39, 0.29) is 43.8 Å². The standard InChI is InChI=1S/C23H42N2O8/c1-15(2)32-19-14-16(26)13-17(33-19)20(29)24-10-11-25-21(30)22(3,4)9-12-31-23(5,6)8-7-18(27)28/h15-17,19,26H,7-14H2,1-6H3,(H,24,29)(H,25,30)(H,27,28). The molecule has 192 valence electrons. The quantitative estimate of drug-likeness (QED) is 0.278. The lowest BCUT2D eigenvalue weighted by atomic mass is 9.88. The molecule has 0 spiro atoms. The Morgan fingerprint density at radius 1 is 1.06 bits per heavy atom. The molecular formula is C23H42N2O8. The van der Waals surface area contributed by atoms with E-state index in [1.807, 2.05) is 27.7 Å². The van der Waals surface area contributed by atoms with Gasteiger partial charge in [-0.2, -0.15) is 0 Å². The summed E-state index contributed by atoms with van der Waals surface area (Å²) in [4.78, 5) is 35.7. The number of hydrogen-bond donors (Lipinski definition) is 4. The normalized spacial score (nSPS) is 21.6. The molecule has 33 heavy (non-hydrogen) atoms. The fourth-order valence-corrected chi connectivity index (χ4v) is 3.31. The van der Waals surface area contributed by atoms with Gasteiger partial charge in [-0.15, -0.1) is 0 Å². The number of amides is 2. The Labute approximate surface area is 196 Å². The number of aliphatic hydroxyl groups is 1. The highest BCUT2D eigenvalue weighted by Gasteiger charge is 2.34. The van der Waals surface area contributed by atoms with Crippen LogP contribution in [0.15, 0.2) is 0 Å². The highest BCUT2D eigenvalue weighted by Crippen LogP contribution is 2.24. The number of carbonyl (C=O) groups is 3. The van der Waals surface area contributed by atoms with Gasteiger partial charge in [0, 0.05) is 44.4 Å². The molecule has 4 N–H and O–H groups in total. The van der Waals surface area contributed by atoms with Gasteiger partial charge in [-0.05, 0) is 40.5 Å². The predicted octanol–water partition coefficient (Wildman–Crippen LogP) is 1.59. The molecule has 0 aromatic rings. The second kappa shape index (κ2) is 13.2. The summed E-state index contributed by atoms with van der Waals surface area (Å²) < 4.78 is 17.0. The maximum atomic E-state index is 12.5. The third-order valence-electron chi connectivity index (χ3n) is 5.47. The van der Waals surface area contributed by atoms with Gasteiger partial charge in [-0.25, -0.2) is 0 Å². The van der Waals surface area contributed by atoms with Crippen LogP contribution in [0.5, 0.6) is 0 Å². The summed E-state index contributed by atoms with van der Waals surface area (Å²) in [6, 6.07) is 0. The van der Waals surface area contributed by atoms with Crippen molar-refractivity contribution in [2.45, 2.75) is 104 Å². The van der Waals surface area contributed by atoms with Crippen molar-refractivity contribution in [3.05, 3.63) is 0 Å². The average Bonchev–Trinajstić information content (AvgIpc) is 2.68. The van der Waals surface area contributed by atoms with Gasteiger partial charge in [0.15, 0.2) is 6.29 Å². The van der Waals surface area contributed by atoms with E-state index in [4.69, 9.17) is 19.3 Å². The van der Waals surface area contributed by atoms with E-state index in [0.29, 0.717) is 25.9 Å². The number of ether oxygens (including phenoxy) is 3. The number of hydrogen-bond acceptors (Lipinski definition) is 7. The van der Waals surface area contributed by atoms with Crippen LogP contribution >= 0.6 is 0 Å². The highest BCUT2D eigenvalue weighted by atomic mass is 16.7. The van der Waals surface area contributed by atoms with E-state index in [9.17, 15) is 19.5 Å². The predicted molar refractivity (Wildman–Crippen MR) is 121 cm³/mol. The monoisotopic (exact) mass is 474 g/mol. The number of nitrogens with one attached hydrogen (secondary N) is 2. The lowest BCUT2D eigenvalue weighted by Gasteiger charge is -2.33. The van der Waals surface area contributed by atoms with Gasteiger partial charge < -0.3 is 35.1 Å². The molecule has 0 radical (unpaired) electrons. The molecule has 2 amide bonds. The third kappa shape index (κ3) is 11.8. The number of aliphatic hydroxyl groups excluding tert-OH is 1. The van der Waals surface area contributed by atoms with Crippen LogP contribution in [-0.4, -0.2) is 77.9 Å². The van der Waals surface area contributed by atoms with Crippen molar-refractivity contribution in [2.24, 2.45) is 5.41 Å². The van der Waals surface area contributed by atoms with Gasteiger partial charge in [-0.1, -0.05) is 13.8 Å². The molecule has 1 aliphatic rings. The summed E-state index contributed by atoms with van der Waals surface area (Å²) in [5, 5.41) is 24.3. The molecule has 0 aromatic carbocycles. The molecule has 10 nitrogen and oxygen atoms in total. The van der Waals surface area contributed by atoms with E-state index >= 15 is 0 Å². The largest absolute Gasteiger partial charge is 0.481 e. The second-order valence-electron chi connectivity index (χ2n) is 10.0. The third-order valence-corrected chi connectivity index (χ3v) is 5.47. The minimum Gasteiger partial charge on any atom is -0.481 e. The Kier molecular flexibility index (Phi) is 11.7. The zero-order valence-electron chi connectivity index (χ0n) is 20.8. The van der Waals surface area contributed by atoms with Gasteiger partial charge in [0.25, 0.3) is 0 Å². The Morgan fingerprint density at radius 2 is 1.70 bits per heavy atom. The molecule has 0 bridgehead atoms. The zero-order valence-corrected chi connectivity index (χ0v) is 20.8. The Balaban J connectivity index is 2.34. The van der Waals surface area contributed by atoms with Gasteiger partial charge in [0.1, 0.15) is 6.10 Å². The molecule has 0 aromatic heterocycles. The van der Waals surface area contributed by atoms with Crippen molar-refractivity contribution >= 4 is 17.8 Å². The van der Waals surface area contributed by atoms with E-state index in [0.717, 1.165) is 0 Å². The number of rotatable bonds is 14. The second-order valence-corrected chi connectivity index (χ2v) is 10.0. The fourth-order valence-electron chi connectivity index (χ4n) is 3.31. The van der Waals surface area contributed by atoms with Crippen molar-refractivity contribution in [1.29, 1.82) is 0 Å². The minimum atomic E-state index is -0.867. The lowest BCUT2D eigenvalue weighted by molar-refractivity contribution is -0.226. The van der Waals surface area contributed by atoms with Gasteiger partial charge in [0.2, 0.25) is 11.8 Å². The van der Waals surface area contributed by atoms with Crippen LogP contribution < -0.4 is 10.6 Å². The topological polar surface area (TPSA) is 143 Å². The van der Waals surface area contributed by atoms with Gasteiger partial charge >= 0.3 is 5.97 Å². The van der Waals surface area contributed by atoms with Crippen LogP contribution in [0.1, 0.15) is 73.6 Å². The van der Waals surface area contributed by atoms with Crippen molar-refractivity contribution in [2.75, 3.05) is 19.7 Å². The van der Waals surface area contributed by atoms with Crippen molar-refractivity contribution in [3.63, 3.8) is 0 Å². The van der Waals surface area contributed by atoms with E-state index in [1.54, 1.807) is 13.8 Å². The van der Waals surface area contributed by atoms with Crippen molar-refractivity contribution < 1.29 is 38.8 Å². The fraction of sp³-hybridized carbons (Fsp3) is 0.870. The molecule has 0 saturated carbocycles. The molecule has 1 fully saturated rings. The molecule has 1 rings (SSSR count). The summed E-state index contributed by atoms with van der Waals surface area (Å²) in [6.07, 6.45) is -0.766. The van der Waals surface area contributed by atoms with Crippen LogP contribution in [0.25, 0.3) is 0 Å². The number of carboxylic acid groups (broad SMARTS) is 1. The Bertz CT molecular complexity index is 648. The average molecular weight is 475 g/mol. The first-order valence-corrected chi connectivity index (χ1v) is 11.6. The van der Waals surface area contributed by atoms with Gasteiger partial charge in [0.05, 0.1) is 17.8 Å². The minimum absolute atomic E-state index is 0.0267. The molecular weight excluding hydrogens is 432 g/mol. The lowest BCUT2D eigenvalue weighted by Crippen LogP contribution is -2.48. The Hall–Kier alpha value is -1.75. The molecule has 10 heteroatoms. The van der Waals surface area contributed by atoms with Gasteiger partial charge in [-0.3, -0.25) is 14.4 Å². The van der Waals surface area contributed by atoms with E-state index in [2.05, 4.69) is 10.6 Å². The first-order valence-electron chi connectivity index (χ1n) is 11.6. The number of carboxylic acids is 1. The molecule has 3 unspecified atom stereocenters. The molecule has 1 saturated heterocycles. The summed E-state index contributed by atoms with van der Waals surface area (Å²) in [5.74, 6) is -1.39. The molecule has 1 heterocycles. The molecule has 1 aliphatic heterocycles. The smallest absolute Gasteiger partial charge is 0.303 e. The van der Waals surface area contributed by atoms with Crippen LogP contribution in [0.2, 0.25) is 0 Å². The first kappa shape index (κ1) is 29.3. The number of carbonyl (C=O) groups excluding carboxylic acids is 2. The first-order chi connectivity index (χ1) is 15.2. The maximum Gasteiger partial charge on any atom is 0.303 e. The van der Waals surface area contributed by atoms with Crippen molar-refractivity contribution in [3.8, 4) is 0 Å². The van der Waals surface area contributed by atoms with E-state index in [1.165, 1.54) is 0 Å².